The predicted octanol–water partition coefficient (Wildman–Crippen LogP) is 3.70. The van der Waals surface area contributed by atoms with Gasteiger partial charge in [-0.2, -0.15) is 0 Å². The Hall–Kier alpha value is -1.67. The Morgan fingerprint density at radius 1 is 1.11 bits per heavy atom. The number of nitrogens with one attached hydrogen (secondary N) is 1. The normalized spacial score (nSPS) is 20.1. The molecule has 2 aromatic rings. The Bertz CT molecular complexity index is 638. The van der Waals surface area contributed by atoms with Crippen molar-refractivity contribution in [2.24, 2.45) is 0 Å². The maximum atomic E-state index is 6.07. The van der Waals surface area contributed by atoms with Crippen LogP contribution in [0.2, 0.25) is 5.02 Å². The van der Waals surface area contributed by atoms with E-state index in [9.17, 15) is 0 Å². The second kappa shape index (κ2) is 4.17. The standard InChI is InChI=1S/C16H15ClN2/c17-13-5-6-16-15(8-13)18-9-14-7-11-3-1-2-4-12(11)10-19(14)16/h1-6,8,14,18H,7,9-10H2. The van der Waals surface area contributed by atoms with Gasteiger partial charge in [0.1, 0.15) is 0 Å². The van der Waals surface area contributed by atoms with Crippen LogP contribution in [0.15, 0.2) is 42.5 Å². The highest BCUT2D eigenvalue weighted by molar-refractivity contribution is 6.31. The Labute approximate surface area is 118 Å². The summed E-state index contributed by atoms with van der Waals surface area (Å²) in [6, 6.07) is 15.4. The number of fused-ring (bicyclic) bond motifs is 4. The molecule has 4 rings (SSSR count). The number of halogens is 1. The molecule has 2 aliphatic rings. The minimum Gasteiger partial charge on any atom is -0.381 e. The van der Waals surface area contributed by atoms with Gasteiger partial charge in [-0.15, -0.1) is 0 Å². The number of hydrogen-bond donors (Lipinski definition) is 1. The average Bonchev–Trinajstić information content (AvgIpc) is 2.44. The first-order valence-corrected chi connectivity index (χ1v) is 7.06. The molecule has 0 aromatic heterocycles. The van der Waals surface area contributed by atoms with Crippen LogP contribution >= 0.6 is 11.6 Å². The first-order chi connectivity index (χ1) is 9.31. The molecule has 3 heteroatoms. The van der Waals surface area contributed by atoms with Gasteiger partial charge in [0.25, 0.3) is 0 Å². The van der Waals surface area contributed by atoms with Gasteiger partial charge < -0.3 is 10.2 Å². The number of anilines is 2. The predicted molar refractivity (Wildman–Crippen MR) is 80.1 cm³/mol. The van der Waals surface area contributed by atoms with E-state index in [2.05, 4.69) is 40.5 Å². The molecular weight excluding hydrogens is 256 g/mol. The average molecular weight is 271 g/mol. The Morgan fingerprint density at radius 2 is 1.95 bits per heavy atom. The highest BCUT2D eigenvalue weighted by Gasteiger charge is 2.30. The van der Waals surface area contributed by atoms with Crippen molar-refractivity contribution in [2.75, 3.05) is 16.8 Å². The fraction of sp³-hybridized carbons (Fsp3) is 0.250. The van der Waals surface area contributed by atoms with Crippen molar-refractivity contribution in [2.45, 2.75) is 19.0 Å². The third kappa shape index (κ3) is 1.79. The molecule has 0 amide bonds. The van der Waals surface area contributed by atoms with E-state index in [1.54, 1.807) is 0 Å². The van der Waals surface area contributed by atoms with Gasteiger partial charge in [-0.3, -0.25) is 0 Å². The molecule has 1 N–H and O–H groups in total. The molecule has 0 bridgehead atoms. The highest BCUT2D eigenvalue weighted by atomic mass is 35.5. The lowest BCUT2D eigenvalue weighted by atomic mass is 9.92. The van der Waals surface area contributed by atoms with Crippen LogP contribution in [-0.2, 0) is 13.0 Å². The summed E-state index contributed by atoms with van der Waals surface area (Å²) >= 11 is 6.07. The quantitative estimate of drug-likeness (QED) is 0.785. The van der Waals surface area contributed by atoms with Crippen LogP contribution in [-0.4, -0.2) is 12.6 Å². The molecule has 0 aliphatic carbocycles. The summed E-state index contributed by atoms with van der Waals surface area (Å²) < 4.78 is 0. The lowest BCUT2D eigenvalue weighted by molar-refractivity contribution is 0.562. The lowest BCUT2D eigenvalue weighted by Gasteiger charge is -2.43. The minimum atomic E-state index is 0.545. The molecule has 1 atom stereocenters. The fourth-order valence-corrected chi connectivity index (χ4v) is 3.35. The van der Waals surface area contributed by atoms with E-state index >= 15 is 0 Å². The molecule has 19 heavy (non-hydrogen) atoms. The highest BCUT2D eigenvalue weighted by Crippen LogP contribution is 2.38. The maximum absolute atomic E-state index is 6.07. The summed E-state index contributed by atoms with van der Waals surface area (Å²) in [6.45, 7) is 1.98. The topological polar surface area (TPSA) is 15.3 Å². The van der Waals surface area contributed by atoms with Crippen molar-refractivity contribution in [3.8, 4) is 0 Å². The fourth-order valence-electron chi connectivity index (χ4n) is 3.18. The van der Waals surface area contributed by atoms with Gasteiger partial charge in [0.15, 0.2) is 0 Å². The van der Waals surface area contributed by atoms with Gasteiger partial charge in [0, 0.05) is 18.1 Å². The van der Waals surface area contributed by atoms with Crippen LogP contribution in [0.1, 0.15) is 11.1 Å². The number of nitrogens with zero attached hydrogens (tertiary/aromatic N) is 1. The molecule has 0 fully saturated rings. The van der Waals surface area contributed by atoms with Crippen LogP contribution < -0.4 is 10.2 Å². The molecule has 0 saturated heterocycles. The molecule has 2 aromatic carbocycles. The van der Waals surface area contributed by atoms with Gasteiger partial charge in [0.05, 0.1) is 17.4 Å². The first kappa shape index (κ1) is 11.2. The van der Waals surface area contributed by atoms with Crippen LogP contribution in [0.25, 0.3) is 0 Å². The van der Waals surface area contributed by atoms with Gasteiger partial charge >= 0.3 is 0 Å². The molecule has 1 unspecified atom stereocenters. The molecule has 0 spiro atoms. The molecule has 0 radical (unpaired) electrons. The van der Waals surface area contributed by atoms with Crippen molar-refractivity contribution in [1.29, 1.82) is 0 Å². The molecule has 96 valence electrons. The van der Waals surface area contributed by atoms with Crippen molar-refractivity contribution in [3.63, 3.8) is 0 Å². The number of hydrogen-bond acceptors (Lipinski definition) is 2. The second-order valence-electron chi connectivity index (χ2n) is 5.30. The van der Waals surface area contributed by atoms with E-state index < -0.39 is 0 Å². The maximum Gasteiger partial charge on any atom is 0.0609 e. The van der Waals surface area contributed by atoms with Crippen LogP contribution in [0.3, 0.4) is 0 Å². The largest absolute Gasteiger partial charge is 0.381 e. The Morgan fingerprint density at radius 3 is 2.84 bits per heavy atom. The van der Waals surface area contributed by atoms with Crippen molar-refractivity contribution < 1.29 is 0 Å². The Balaban J connectivity index is 1.78. The third-order valence-corrected chi connectivity index (χ3v) is 4.39. The van der Waals surface area contributed by atoms with E-state index in [1.165, 1.54) is 16.8 Å². The van der Waals surface area contributed by atoms with Crippen LogP contribution in [0, 0.1) is 0 Å². The van der Waals surface area contributed by atoms with Crippen LogP contribution in [0.4, 0.5) is 11.4 Å². The summed E-state index contributed by atoms with van der Waals surface area (Å²) in [5.74, 6) is 0. The number of rotatable bonds is 0. The zero-order chi connectivity index (χ0) is 12.8. The SMILES string of the molecule is Clc1ccc2c(c1)NCC1Cc3ccccc3CN21. The minimum absolute atomic E-state index is 0.545. The molecule has 2 nitrogen and oxygen atoms in total. The van der Waals surface area contributed by atoms with Gasteiger partial charge in [-0.1, -0.05) is 35.9 Å². The molecule has 0 saturated carbocycles. The van der Waals surface area contributed by atoms with E-state index in [4.69, 9.17) is 11.6 Å². The molecule has 2 aliphatic heterocycles. The summed E-state index contributed by atoms with van der Waals surface area (Å²) in [5, 5.41) is 4.30. The summed E-state index contributed by atoms with van der Waals surface area (Å²) in [6.07, 6.45) is 1.12. The van der Waals surface area contributed by atoms with E-state index in [0.29, 0.717) is 6.04 Å². The van der Waals surface area contributed by atoms with Gasteiger partial charge in [-0.05, 0) is 35.7 Å². The summed E-state index contributed by atoms with van der Waals surface area (Å²) in [5.41, 5.74) is 5.36. The monoisotopic (exact) mass is 270 g/mol. The van der Waals surface area contributed by atoms with E-state index in [1.807, 2.05) is 12.1 Å². The Kier molecular flexibility index (Phi) is 2.46. The van der Waals surface area contributed by atoms with Crippen LogP contribution in [0.5, 0.6) is 0 Å². The summed E-state index contributed by atoms with van der Waals surface area (Å²) in [7, 11) is 0. The van der Waals surface area contributed by atoms with Crippen molar-refractivity contribution in [1.82, 2.24) is 0 Å². The second-order valence-corrected chi connectivity index (χ2v) is 5.73. The third-order valence-electron chi connectivity index (χ3n) is 4.15. The zero-order valence-corrected chi connectivity index (χ0v) is 11.3. The smallest absolute Gasteiger partial charge is 0.0609 e. The molecular formula is C16H15ClN2. The lowest BCUT2D eigenvalue weighted by Crippen LogP contribution is -2.47. The van der Waals surface area contributed by atoms with E-state index in [-0.39, 0.29) is 0 Å². The van der Waals surface area contributed by atoms with Crippen molar-refractivity contribution >= 4 is 23.0 Å². The van der Waals surface area contributed by atoms with Crippen molar-refractivity contribution in [3.05, 3.63) is 58.6 Å². The zero-order valence-electron chi connectivity index (χ0n) is 10.6. The molecule has 2 heterocycles. The van der Waals surface area contributed by atoms with Gasteiger partial charge in [-0.25, -0.2) is 0 Å². The summed E-state index contributed by atoms with van der Waals surface area (Å²) in [4.78, 5) is 2.50. The first-order valence-electron chi connectivity index (χ1n) is 6.68. The number of benzene rings is 2. The van der Waals surface area contributed by atoms with E-state index in [0.717, 1.165) is 30.2 Å². The van der Waals surface area contributed by atoms with Gasteiger partial charge in [0.2, 0.25) is 0 Å².